The highest BCUT2D eigenvalue weighted by molar-refractivity contribution is 14.0. The van der Waals surface area contributed by atoms with Crippen LogP contribution in [-0.4, -0.2) is 44.0 Å². The fourth-order valence-electron chi connectivity index (χ4n) is 3.38. The number of hydrogen-bond donors (Lipinski definition) is 3. The van der Waals surface area contributed by atoms with Gasteiger partial charge in [-0.1, -0.05) is 30.3 Å². The highest BCUT2D eigenvalue weighted by Crippen LogP contribution is 2.31. The molecule has 2 aromatic carbocycles. The molecule has 0 aliphatic carbocycles. The zero-order valence-corrected chi connectivity index (χ0v) is 19.8. The molecule has 6 nitrogen and oxygen atoms in total. The summed E-state index contributed by atoms with van der Waals surface area (Å²) in [4.78, 5) is 4.70. The van der Waals surface area contributed by atoms with E-state index in [1.165, 1.54) is 0 Å². The molecule has 1 atom stereocenters. The van der Waals surface area contributed by atoms with Gasteiger partial charge in [-0.3, -0.25) is 0 Å². The van der Waals surface area contributed by atoms with E-state index in [1.807, 2.05) is 54.6 Å². The van der Waals surface area contributed by atoms with E-state index in [9.17, 15) is 5.11 Å². The van der Waals surface area contributed by atoms with Crippen LogP contribution in [0.3, 0.4) is 0 Å². The van der Waals surface area contributed by atoms with Gasteiger partial charge in [0.25, 0.3) is 0 Å². The molecule has 2 aromatic rings. The number of aliphatic hydroxyl groups excluding tert-OH is 1. The van der Waals surface area contributed by atoms with Crippen molar-refractivity contribution in [2.45, 2.75) is 26.3 Å². The monoisotopic (exact) mass is 525 g/mol. The van der Waals surface area contributed by atoms with Crippen LogP contribution in [0, 0.1) is 5.41 Å². The molecule has 1 saturated heterocycles. The van der Waals surface area contributed by atoms with Crippen LogP contribution < -0.4 is 15.4 Å². The summed E-state index contributed by atoms with van der Waals surface area (Å²) in [5.74, 6) is 2.41. The largest absolute Gasteiger partial charge is 0.457 e. The third-order valence-electron chi connectivity index (χ3n) is 5.12. The van der Waals surface area contributed by atoms with E-state index in [0.717, 1.165) is 55.6 Å². The molecule has 1 unspecified atom stereocenters. The molecular formula is C23H32IN3O3. The van der Waals surface area contributed by atoms with E-state index in [4.69, 9.17) is 14.5 Å². The lowest BCUT2D eigenvalue weighted by Gasteiger charge is -2.27. The van der Waals surface area contributed by atoms with Crippen molar-refractivity contribution in [2.75, 3.05) is 32.9 Å². The Morgan fingerprint density at radius 1 is 1.10 bits per heavy atom. The molecule has 164 valence electrons. The minimum absolute atomic E-state index is 0. The molecule has 1 aliphatic rings. The van der Waals surface area contributed by atoms with Crippen LogP contribution in [0.25, 0.3) is 0 Å². The number of nitrogens with zero attached hydrogens (tertiary/aromatic N) is 1. The molecule has 1 heterocycles. The Labute approximate surface area is 196 Å². The second-order valence-corrected chi connectivity index (χ2v) is 7.38. The van der Waals surface area contributed by atoms with E-state index >= 15 is 0 Å². The SMILES string of the molecule is CCNC(=NCc1ccc(Oc2ccccc2)cc1)NCC1(CCO)CCOC1.I. The van der Waals surface area contributed by atoms with Crippen molar-refractivity contribution < 1.29 is 14.6 Å². The molecule has 0 spiro atoms. The quantitative estimate of drug-likeness (QED) is 0.263. The lowest BCUT2D eigenvalue weighted by atomic mass is 9.84. The van der Waals surface area contributed by atoms with Gasteiger partial charge in [-0.2, -0.15) is 0 Å². The van der Waals surface area contributed by atoms with Gasteiger partial charge in [0.05, 0.1) is 13.2 Å². The first-order valence-corrected chi connectivity index (χ1v) is 10.3. The van der Waals surface area contributed by atoms with Crippen LogP contribution in [0.15, 0.2) is 59.6 Å². The van der Waals surface area contributed by atoms with Gasteiger partial charge in [0.15, 0.2) is 5.96 Å². The number of guanidine groups is 1. The van der Waals surface area contributed by atoms with E-state index < -0.39 is 0 Å². The smallest absolute Gasteiger partial charge is 0.191 e. The van der Waals surface area contributed by atoms with Gasteiger partial charge >= 0.3 is 0 Å². The third kappa shape index (κ3) is 7.45. The van der Waals surface area contributed by atoms with Crippen molar-refractivity contribution in [3.8, 4) is 11.5 Å². The molecule has 0 bridgehead atoms. The molecule has 3 rings (SSSR count). The average Bonchev–Trinajstić information content (AvgIpc) is 3.21. The van der Waals surface area contributed by atoms with Crippen LogP contribution >= 0.6 is 24.0 Å². The minimum atomic E-state index is -0.0125. The number of ether oxygens (including phenoxy) is 2. The maximum atomic E-state index is 9.39. The summed E-state index contributed by atoms with van der Waals surface area (Å²) < 4.78 is 11.4. The molecule has 7 heteroatoms. The number of hydrogen-bond acceptors (Lipinski definition) is 4. The highest BCUT2D eigenvalue weighted by atomic mass is 127. The van der Waals surface area contributed by atoms with E-state index in [-0.39, 0.29) is 36.0 Å². The second-order valence-electron chi connectivity index (χ2n) is 7.38. The first-order chi connectivity index (χ1) is 14.2. The van der Waals surface area contributed by atoms with Gasteiger partial charge in [0.1, 0.15) is 11.5 Å². The van der Waals surface area contributed by atoms with E-state index in [1.54, 1.807) is 0 Å². The predicted molar refractivity (Wildman–Crippen MR) is 131 cm³/mol. The minimum Gasteiger partial charge on any atom is -0.457 e. The van der Waals surface area contributed by atoms with Gasteiger partial charge in [-0.25, -0.2) is 4.99 Å². The maximum absolute atomic E-state index is 9.39. The van der Waals surface area contributed by atoms with Gasteiger partial charge in [0, 0.05) is 31.7 Å². The molecule has 1 fully saturated rings. The van der Waals surface area contributed by atoms with Crippen LogP contribution in [0.2, 0.25) is 0 Å². The molecule has 30 heavy (non-hydrogen) atoms. The number of para-hydroxylation sites is 1. The number of halogens is 1. The molecule has 0 saturated carbocycles. The molecular weight excluding hydrogens is 493 g/mol. The summed E-state index contributed by atoms with van der Waals surface area (Å²) in [7, 11) is 0. The molecule has 0 aromatic heterocycles. The molecule has 0 radical (unpaired) electrons. The summed E-state index contributed by atoms with van der Waals surface area (Å²) in [5.41, 5.74) is 1.10. The van der Waals surface area contributed by atoms with Crippen LogP contribution in [-0.2, 0) is 11.3 Å². The van der Waals surface area contributed by atoms with E-state index in [2.05, 4.69) is 17.6 Å². The Hall–Kier alpha value is -1.84. The average molecular weight is 525 g/mol. The third-order valence-corrected chi connectivity index (χ3v) is 5.12. The van der Waals surface area contributed by atoms with Crippen LogP contribution in [0.5, 0.6) is 11.5 Å². The lowest BCUT2D eigenvalue weighted by Crippen LogP contribution is -2.44. The van der Waals surface area contributed by atoms with Gasteiger partial charge in [-0.15, -0.1) is 24.0 Å². The summed E-state index contributed by atoms with van der Waals surface area (Å²) in [5, 5.41) is 16.1. The molecule has 3 N–H and O–H groups in total. The fourth-order valence-corrected chi connectivity index (χ4v) is 3.38. The Bertz CT molecular complexity index is 763. The zero-order chi connectivity index (χ0) is 20.4. The van der Waals surface area contributed by atoms with Crippen molar-refractivity contribution in [3.05, 3.63) is 60.2 Å². The van der Waals surface area contributed by atoms with Gasteiger partial charge < -0.3 is 25.2 Å². The molecule has 0 amide bonds. The normalized spacial score (nSPS) is 18.5. The highest BCUT2D eigenvalue weighted by Gasteiger charge is 2.34. The van der Waals surface area contributed by atoms with Crippen LogP contribution in [0.1, 0.15) is 25.3 Å². The Morgan fingerprint density at radius 3 is 2.47 bits per heavy atom. The van der Waals surface area contributed by atoms with Crippen molar-refractivity contribution in [3.63, 3.8) is 0 Å². The zero-order valence-electron chi connectivity index (χ0n) is 17.5. The van der Waals surface area contributed by atoms with Crippen molar-refractivity contribution >= 4 is 29.9 Å². The van der Waals surface area contributed by atoms with Gasteiger partial charge in [0.2, 0.25) is 0 Å². The second kappa shape index (κ2) is 12.8. The van der Waals surface area contributed by atoms with Crippen molar-refractivity contribution in [2.24, 2.45) is 10.4 Å². The fraction of sp³-hybridized carbons (Fsp3) is 0.435. The molecule has 1 aliphatic heterocycles. The number of rotatable bonds is 9. The standard InChI is InChI=1S/C23H31N3O3.HI/c1-2-24-22(26-17-23(12-14-27)13-15-28-18-23)25-16-19-8-10-21(11-9-19)29-20-6-4-3-5-7-20;/h3-11,27H,2,12-18H2,1H3,(H2,24,25,26);1H. The summed E-state index contributed by atoms with van der Waals surface area (Å²) in [6.07, 6.45) is 1.70. The Balaban J connectivity index is 0.00000320. The topological polar surface area (TPSA) is 75.1 Å². The summed E-state index contributed by atoms with van der Waals surface area (Å²) in [6.45, 7) is 5.77. The van der Waals surface area contributed by atoms with Crippen LogP contribution in [0.4, 0.5) is 0 Å². The number of aliphatic hydroxyl groups is 1. The van der Waals surface area contributed by atoms with Crippen molar-refractivity contribution in [1.29, 1.82) is 0 Å². The summed E-state index contributed by atoms with van der Waals surface area (Å²) in [6, 6.07) is 17.7. The lowest BCUT2D eigenvalue weighted by molar-refractivity contribution is 0.127. The summed E-state index contributed by atoms with van der Waals surface area (Å²) >= 11 is 0. The Kier molecular flexibility index (Phi) is 10.4. The van der Waals surface area contributed by atoms with Gasteiger partial charge in [-0.05, 0) is 49.6 Å². The van der Waals surface area contributed by atoms with Crippen molar-refractivity contribution in [1.82, 2.24) is 10.6 Å². The first-order valence-electron chi connectivity index (χ1n) is 10.3. The van der Waals surface area contributed by atoms with E-state index in [0.29, 0.717) is 13.2 Å². The Morgan fingerprint density at radius 2 is 1.83 bits per heavy atom. The number of benzene rings is 2. The predicted octanol–water partition coefficient (Wildman–Crippen LogP) is 3.94. The maximum Gasteiger partial charge on any atom is 0.191 e. The number of nitrogens with one attached hydrogen (secondary N) is 2. The first kappa shape index (κ1) is 24.4. The number of aliphatic imine (C=N–C) groups is 1.